The summed E-state index contributed by atoms with van der Waals surface area (Å²) in [6.45, 7) is 1.55. The van der Waals surface area contributed by atoms with E-state index in [9.17, 15) is 27.2 Å². The van der Waals surface area contributed by atoms with Crippen LogP contribution in [0, 0.1) is 5.82 Å². The van der Waals surface area contributed by atoms with E-state index < -0.39 is 41.3 Å². The van der Waals surface area contributed by atoms with Crippen LogP contribution in [0.5, 0.6) is 0 Å². The smallest absolute Gasteiger partial charge is 0.379 e. The quantitative estimate of drug-likeness (QED) is 0.590. The number of alkyl halides is 3. The molecule has 2 aromatic rings. The molecule has 7 nitrogen and oxygen atoms in total. The number of nitrogens with zero attached hydrogens (tertiary/aromatic N) is 2. The van der Waals surface area contributed by atoms with Crippen molar-refractivity contribution in [2.75, 3.05) is 32.8 Å². The molecule has 3 N–H and O–H groups in total. The number of allylic oxidation sites excluding steroid dienone is 2. The van der Waals surface area contributed by atoms with Crippen molar-refractivity contribution in [2.45, 2.75) is 18.1 Å². The van der Waals surface area contributed by atoms with E-state index in [2.05, 4.69) is 10.3 Å². The second-order valence-electron chi connectivity index (χ2n) is 8.57. The van der Waals surface area contributed by atoms with Gasteiger partial charge in [0.05, 0.1) is 31.0 Å². The summed E-state index contributed by atoms with van der Waals surface area (Å²) in [6.07, 6.45) is -2.46. The Hall–Kier alpha value is -3.57. The van der Waals surface area contributed by atoms with Gasteiger partial charge < -0.3 is 15.8 Å². The van der Waals surface area contributed by atoms with Crippen LogP contribution in [-0.4, -0.2) is 60.7 Å². The number of amides is 2. The van der Waals surface area contributed by atoms with Gasteiger partial charge in [-0.25, -0.2) is 4.39 Å². The summed E-state index contributed by atoms with van der Waals surface area (Å²) in [5.74, 6) is -2.12. The first kappa shape index (κ1) is 25.5. The van der Waals surface area contributed by atoms with Gasteiger partial charge in [-0.05, 0) is 18.2 Å². The molecule has 1 aliphatic heterocycles. The van der Waals surface area contributed by atoms with E-state index in [1.807, 2.05) is 0 Å². The van der Waals surface area contributed by atoms with Crippen LogP contribution in [0.1, 0.15) is 12.0 Å². The molecule has 1 aliphatic carbocycles. The van der Waals surface area contributed by atoms with E-state index in [1.54, 1.807) is 11.0 Å². The van der Waals surface area contributed by atoms with E-state index in [0.29, 0.717) is 26.3 Å². The fourth-order valence-electron chi connectivity index (χ4n) is 4.43. The molecule has 1 fully saturated rings. The normalized spacial score (nSPS) is 20.9. The fourth-order valence-corrected chi connectivity index (χ4v) is 4.43. The minimum atomic E-state index is -4.85. The summed E-state index contributed by atoms with van der Waals surface area (Å²) < 4.78 is 62.4. The van der Waals surface area contributed by atoms with Gasteiger partial charge in [0, 0.05) is 42.4 Å². The van der Waals surface area contributed by atoms with Gasteiger partial charge in [-0.3, -0.25) is 19.5 Å². The maximum absolute atomic E-state index is 14.3. The van der Waals surface area contributed by atoms with Crippen LogP contribution in [0.4, 0.5) is 17.6 Å². The number of aromatic nitrogens is 1. The summed E-state index contributed by atoms with van der Waals surface area (Å²) in [4.78, 5) is 31.0. The van der Waals surface area contributed by atoms with Crippen molar-refractivity contribution in [3.05, 3.63) is 77.3 Å². The molecule has 2 amide bonds. The molecule has 0 spiro atoms. The van der Waals surface area contributed by atoms with Crippen molar-refractivity contribution in [3.8, 4) is 11.3 Å². The molecule has 11 heteroatoms. The number of primary amides is 1. The molecule has 0 bridgehead atoms. The fraction of sp³-hybridized carbons (Fsp3) is 0.320. The predicted octanol–water partition coefficient (Wildman–Crippen LogP) is 2.84. The van der Waals surface area contributed by atoms with Crippen LogP contribution in [0.3, 0.4) is 0 Å². The summed E-state index contributed by atoms with van der Waals surface area (Å²) >= 11 is 0. The van der Waals surface area contributed by atoms with Crippen molar-refractivity contribution in [1.29, 1.82) is 0 Å². The van der Waals surface area contributed by atoms with E-state index >= 15 is 0 Å². The number of morpholine rings is 1. The van der Waals surface area contributed by atoms with Crippen LogP contribution in [-0.2, 0) is 19.9 Å². The Balaban J connectivity index is 1.77. The SMILES string of the molecule is NC(=O)C1=CC=C(C(F)(F)F)C(NC(=O)CN2CCOCC2)(c2ccc(-c3ccccc3F)nc2)C1. The van der Waals surface area contributed by atoms with Crippen LogP contribution < -0.4 is 11.1 Å². The van der Waals surface area contributed by atoms with Crippen molar-refractivity contribution in [3.63, 3.8) is 0 Å². The van der Waals surface area contributed by atoms with Crippen molar-refractivity contribution in [2.24, 2.45) is 5.73 Å². The van der Waals surface area contributed by atoms with Crippen LogP contribution in [0.2, 0.25) is 0 Å². The first-order valence-corrected chi connectivity index (χ1v) is 11.2. The van der Waals surface area contributed by atoms with Crippen LogP contribution in [0.15, 0.2) is 65.9 Å². The monoisotopic (exact) mass is 504 g/mol. The Morgan fingerprint density at radius 1 is 1.11 bits per heavy atom. The molecule has 1 unspecified atom stereocenters. The summed E-state index contributed by atoms with van der Waals surface area (Å²) in [7, 11) is 0. The Morgan fingerprint density at radius 2 is 1.83 bits per heavy atom. The molecular weight excluding hydrogens is 480 g/mol. The topological polar surface area (TPSA) is 97.5 Å². The number of benzene rings is 1. The van der Waals surface area contributed by atoms with Gasteiger partial charge in [-0.1, -0.05) is 30.4 Å². The molecule has 4 rings (SSSR count). The average Bonchev–Trinajstić information content (AvgIpc) is 2.84. The van der Waals surface area contributed by atoms with E-state index in [4.69, 9.17) is 10.5 Å². The number of carbonyl (C=O) groups excluding carboxylic acids is 2. The standard InChI is InChI=1S/C25H24F4N4O3/c26-19-4-2-1-3-18(19)20-7-6-17(14-31-20)24(32-22(34)15-33-9-11-36-12-10-33)13-16(23(30)35)5-8-21(24)25(27,28)29/h1-8,14H,9-13,15H2,(H2,30,35)(H,32,34). The highest BCUT2D eigenvalue weighted by Gasteiger charge is 2.52. The molecule has 36 heavy (non-hydrogen) atoms. The van der Waals surface area contributed by atoms with Gasteiger partial charge in [0.2, 0.25) is 11.8 Å². The Kier molecular flexibility index (Phi) is 7.23. The van der Waals surface area contributed by atoms with Gasteiger partial charge in [-0.15, -0.1) is 0 Å². The minimum Gasteiger partial charge on any atom is -0.379 e. The number of hydrogen-bond donors (Lipinski definition) is 2. The molecule has 0 saturated carbocycles. The highest BCUT2D eigenvalue weighted by molar-refractivity contribution is 5.93. The lowest BCUT2D eigenvalue weighted by molar-refractivity contribution is -0.128. The molecule has 0 radical (unpaired) electrons. The van der Waals surface area contributed by atoms with Gasteiger partial charge in [-0.2, -0.15) is 13.2 Å². The third kappa shape index (κ3) is 5.31. The van der Waals surface area contributed by atoms with E-state index in [1.165, 1.54) is 30.3 Å². The zero-order valence-corrected chi connectivity index (χ0v) is 19.1. The Labute approximate surface area is 204 Å². The highest BCUT2D eigenvalue weighted by Crippen LogP contribution is 2.46. The molecule has 2 heterocycles. The maximum Gasteiger partial charge on any atom is 0.415 e. The third-order valence-electron chi connectivity index (χ3n) is 6.22. The number of hydrogen-bond acceptors (Lipinski definition) is 5. The third-order valence-corrected chi connectivity index (χ3v) is 6.22. The lowest BCUT2D eigenvalue weighted by Gasteiger charge is -2.41. The number of pyridine rings is 1. The van der Waals surface area contributed by atoms with Gasteiger partial charge in [0.25, 0.3) is 0 Å². The molecule has 1 atom stereocenters. The second kappa shape index (κ2) is 10.2. The molecular formula is C25H24F4N4O3. The summed E-state index contributed by atoms with van der Waals surface area (Å²) in [5, 5.41) is 2.54. The van der Waals surface area contributed by atoms with E-state index in [0.717, 1.165) is 18.3 Å². The van der Waals surface area contributed by atoms with Crippen molar-refractivity contribution < 1.29 is 31.9 Å². The Morgan fingerprint density at radius 3 is 2.44 bits per heavy atom. The highest BCUT2D eigenvalue weighted by atomic mass is 19.4. The average molecular weight is 504 g/mol. The van der Waals surface area contributed by atoms with Crippen LogP contribution in [0.25, 0.3) is 11.3 Å². The molecule has 2 aliphatic rings. The first-order valence-electron chi connectivity index (χ1n) is 11.2. The van der Waals surface area contributed by atoms with Gasteiger partial charge in [0.15, 0.2) is 0 Å². The summed E-state index contributed by atoms with van der Waals surface area (Å²) in [6, 6.07) is 8.57. The molecule has 190 valence electrons. The number of nitrogens with one attached hydrogen (secondary N) is 1. The molecule has 1 saturated heterocycles. The number of carbonyl (C=O) groups is 2. The van der Waals surface area contributed by atoms with Crippen LogP contribution >= 0.6 is 0 Å². The van der Waals surface area contributed by atoms with Gasteiger partial charge in [0.1, 0.15) is 11.4 Å². The van der Waals surface area contributed by atoms with Crippen molar-refractivity contribution >= 4 is 11.8 Å². The zero-order chi connectivity index (χ0) is 25.9. The first-order chi connectivity index (χ1) is 17.1. The number of ether oxygens (including phenoxy) is 1. The van der Waals surface area contributed by atoms with E-state index in [-0.39, 0.29) is 28.9 Å². The summed E-state index contributed by atoms with van der Waals surface area (Å²) in [5.41, 5.74) is 2.43. The molecule has 1 aromatic heterocycles. The molecule has 1 aromatic carbocycles. The van der Waals surface area contributed by atoms with Crippen molar-refractivity contribution in [1.82, 2.24) is 15.2 Å². The second-order valence-corrected chi connectivity index (χ2v) is 8.57. The number of rotatable bonds is 6. The lowest BCUT2D eigenvalue weighted by Crippen LogP contribution is -2.55. The number of nitrogens with two attached hydrogens (primary N) is 1. The zero-order valence-electron chi connectivity index (χ0n) is 19.1. The minimum absolute atomic E-state index is 0.0201. The number of halogens is 4. The van der Waals surface area contributed by atoms with Gasteiger partial charge >= 0.3 is 6.18 Å². The maximum atomic E-state index is 14.3. The predicted molar refractivity (Wildman–Crippen MR) is 123 cm³/mol. The largest absolute Gasteiger partial charge is 0.415 e. The lowest BCUT2D eigenvalue weighted by atomic mass is 9.74. The Bertz CT molecular complexity index is 1200.